The predicted octanol–water partition coefficient (Wildman–Crippen LogP) is 3.66. The van der Waals surface area contributed by atoms with Crippen LogP contribution in [0.25, 0.3) is 17.3 Å². The Labute approximate surface area is 169 Å². The minimum atomic E-state index is -0.405. The summed E-state index contributed by atoms with van der Waals surface area (Å²) < 4.78 is 5.13. The molecule has 1 amide bonds. The number of aromatic amines is 1. The van der Waals surface area contributed by atoms with Gasteiger partial charge in [-0.25, -0.2) is 0 Å². The maximum Gasteiger partial charge on any atom is 0.261 e. The van der Waals surface area contributed by atoms with Gasteiger partial charge in [0.2, 0.25) is 0 Å². The first-order valence-corrected chi connectivity index (χ1v) is 9.24. The molecule has 0 aliphatic heterocycles. The number of aromatic nitrogens is 2. The average molecular weight is 386 g/mol. The summed E-state index contributed by atoms with van der Waals surface area (Å²) in [7, 11) is 1.62. The molecule has 1 heterocycles. The highest BCUT2D eigenvalue weighted by Gasteiger charge is 2.12. The number of nitrogens with zero attached hydrogens (tertiary/aromatic N) is 2. The Balaban J connectivity index is 1.67. The Bertz CT molecular complexity index is 1040. The first kappa shape index (κ1) is 19.9. The molecule has 2 N–H and O–H groups in total. The molecule has 0 saturated carbocycles. The molecule has 0 aliphatic rings. The van der Waals surface area contributed by atoms with E-state index in [1.807, 2.05) is 61.5 Å². The lowest BCUT2D eigenvalue weighted by Crippen LogP contribution is -2.26. The zero-order chi connectivity index (χ0) is 20.6. The topological polar surface area (TPSA) is 90.8 Å². The third-order valence-corrected chi connectivity index (χ3v) is 4.53. The fourth-order valence-corrected chi connectivity index (χ4v) is 2.87. The molecule has 29 heavy (non-hydrogen) atoms. The number of methoxy groups -OCH3 is 1. The number of benzene rings is 2. The Morgan fingerprint density at radius 1 is 1.21 bits per heavy atom. The molecule has 0 atom stereocenters. The second-order valence-corrected chi connectivity index (χ2v) is 6.59. The highest BCUT2D eigenvalue weighted by atomic mass is 16.5. The molecular weight excluding hydrogens is 364 g/mol. The number of ether oxygens (including phenoxy) is 1. The lowest BCUT2D eigenvalue weighted by molar-refractivity contribution is -0.117. The number of hydrogen-bond donors (Lipinski definition) is 2. The minimum Gasteiger partial charge on any atom is -0.497 e. The van der Waals surface area contributed by atoms with E-state index in [9.17, 15) is 10.1 Å². The summed E-state index contributed by atoms with van der Waals surface area (Å²) in [4.78, 5) is 12.4. The van der Waals surface area contributed by atoms with E-state index in [0.29, 0.717) is 18.5 Å². The van der Waals surface area contributed by atoms with E-state index in [-0.39, 0.29) is 5.57 Å². The Morgan fingerprint density at radius 2 is 1.93 bits per heavy atom. The van der Waals surface area contributed by atoms with Crippen LogP contribution in [-0.4, -0.2) is 29.8 Å². The van der Waals surface area contributed by atoms with Crippen LogP contribution in [0.5, 0.6) is 5.75 Å². The third kappa shape index (κ3) is 5.11. The van der Waals surface area contributed by atoms with Crippen molar-refractivity contribution in [3.63, 3.8) is 0 Å². The summed E-state index contributed by atoms with van der Waals surface area (Å²) in [5.41, 5.74) is 4.66. The van der Waals surface area contributed by atoms with Crippen LogP contribution in [0.2, 0.25) is 0 Å². The van der Waals surface area contributed by atoms with Crippen LogP contribution >= 0.6 is 0 Å². The molecule has 0 aliphatic carbocycles. The van der Waals surface area contributed by atoms with Crippen LogP contribution in [0.4, 0.5) is 0 Å². The molecule has 0 spiro atoms. The van der Waals surface area contributed by atoms with Gasteiger partial charge in [0, 0.05) is 17.7 Å². The van der Waals surface area contributed by atoms with Gasteiger partial charge in [0.05, 0.1) is 19.0 Å². The van der Waals surface area contributed by atoms with Gasteiger partial charge in [-0.1, -0.05) is 42.0 Å². The molecule has 2 aromatic carbocycles. The highest BCUT2D eigenvalue weighted by Crippen LogP contribution is 2.23. The number of carbonyl (C=O) groups is 1. The summed E-state index contributed by atoms with van der Waals surface area (Å²) in [5, 5.41) is 19.2. The van der Waals surface area contributed by atoms with Gasteiger partial charge in [0.25, 0.3) is 5.91 Å². The highest BCUT2D eigenvalue weighted by molar-refractivity contribution is 6.02. The molecule has 0 saturated heterocycles. The quantitative estimate of drug-likeness (QED) is 0.479. The molecule has 3 aromatic rings. The molecule has 1 aromatic heterocycles. The number of aryl methyl sites for hydroxylation is 1. The van der Waals surface area contributed by atoms with Crippen LogP contribution < -0.4 is 10.1 Å². The van der Waals surface area contributed by atoms with Gasteiger partial charge in [0.15, 0.2) is 0 Å². The average Bonchev–Trinajstić information content (AvgIpc) is 3.21. The molecule has 0 unspecified atom stereocenters. The molecule has 6 nitrogen and oxygen atoms in total. The Hall–Kier alpha value is -3.85. The van der Waals surface area contributed by atoms with Crippen molar-refractivity contribution < 1.29 is 9.53 Å². The monoisotopic (exact) mass is 386 g/mol. The van der Waals surface area contributed by atoms with Crippen molar-refractivity contribution in [2.45, 2.75) is 13.3 Å². The van der Waals surface area contributed by atoms with Gasteiger partial charge < -0.3 is 10.1 Å². The maximum absolute atomic E-state index is 12.4. The van der Waals surface area contributed by atoms with Crippen molar-refractivity contribution in [3.8, 4) is 23.1 Å². The molecule has 0 radical (unpaired) electrons. The van der Waals surface area contributed by atoms with Gasteiger partial charge >= 0.3 is 0 Å². The fourth-order valence-electron chi connectivity index (χ4n) is 2.87. The number of amides is 1. The van der Waals surface area contributed by atoms with Gasteiger partial charge in [0.1, 0.15) is 17.4 Å². The van der Waals surface area contributed by atoms with Gasteiger partial charge in [-0.3, -0.25) is 9.89 Å². The molecule has 146 valence electrons. The zero-order valence-electron chi connectivity index (χ0n) is 16.4. The zero-order valence-corrected chi connectivity index (χ0v) is 16.4. The number of nitrogens with one attached hydrogen (secondary N) is 2. The van der Waals surface area contributed by atoms with Crippen molar-refractivity contribution in [1.82, 2.24) is 15.5 Å². The molecular formula is C23H22N4O2. The van der Waals surface area contributed by atoms with Crippen molar-refractivity contribution >= 4 is 12.0 Å². The van der Waals surface area contributed by atoms with Crippen LogP contribution in [0, 0.1) is 18.3 Å². The normalized spacial score (nSPS) is 11.0. The van der Waals surface area contributed by atoms with E-state index in [1.165, 1.54) is 0 Å². The molecule has 6 heteroatoms. The first-order valence-electron chi connectivity index (χ1n) is 9.24. The second kappa shape index (κ2) is 9.38. The number of nitriles is 1. The third-order valence-electron chi connectivity index (χ3n) is 4.53. The minimum absolute atomic E-state index is 0.0366. The van der Waals surface area contributed by atoms with Crippen LogP contribution in [0.3, 0.4) is 0 Å². The maximum atomic E-state index is 12.4. The van der Waals surface area contributed by atoms with Crippen molar-refractivity contribution in [3.05, 3.63) is 77.0 Å². The number of H-pyrrole nitrogens is 1. The van der Waals surface area contributed by atoms with Crippen LogP contribution in [0.15, 0.2) is 60.3 Å². The van der Waals surface area contributed by atoms with Crippen LogP contribution in [-0.2, 0) is 11.2 Å². The lowest BCUT2D eigenvalue weighted by Gasteiger charge is -2.06. The van der Waals surface area contributed by atoms with Crippen molar-refractivity contribution in [2.75, 3.05) is 13.7 Å². The van der Waals surface area contributed by atoms with Crippen LogP contribution in [0.1, 0.15) is 16.7 Å². The SMILES string of the molecule is COc1ccc(CCNC(=O)C(C#N)=Cc2cn[nH]c2-c2ccc(C)cc2)cc1. The lowest BCUT2D eigenvalue weighted by atomic mass is 10.0. The van der Waals surface area contributed by atoms with Gasteiger partial charge in [-0.15, -0.1) is 0 Å². The van der Waals surface area contributed by atoms with Gasteiger partial charge in [-0.05, 0) is 37.1 Å². The largest absolute Gasteiger partial charge is 0.497 e. The van der Waals surface area contributed by atoms with Crippen molar-refractivity contribution in [2.24, 2.45) is 0 Å². The van der Waals surface area contributed by atoms with E-state index in [4.69, 9.17) is 4.74 Å². The van der Waals surface area contributed by atoms with Crippen molar-refractivity contribution in [1.29, 1.82) is 5.26 Å². The number of rotatable bonds is 7. The Morgan fingerprint density at radius 3 is 2.59 bits per heavy atom. The van der Waals surface area contributed by atoms with E-state index in [2.05, 4.69) is 15.5 Å². The summed E-state index contributed by atoms with van der Waals surface area (Å²) in [5.74, 6) is 0.383. The summed E-state index contributed by atoms with van der Waals surface area (Å²) in [6.45, 7) is 2.45. The smallest absolute Gasteiger partial charge is 0.261 e. The van der Waals surface area contributed by atoms with E-state index in [1.54, 1.807) is 19.4 Å². The summed E-state index contributed by atoms with van der Waals surface area (Å²) in [6.07, 6.45) is 3.83. The molecule has 3 rings (SSSR count). The second-order valence-electron chi connectivity index (χ2n) is 6.59. The predicted molar refractivity (Wildman–Crippen MR) is 112 cm³/mol. The Kier molecular flexibility index (Phi) is 6.43. The number of hydrogen-bond acceptors (Lipinski definition) is 4. The molecule has 0 bridgehead atoms. The molecule has 0 fully saturated rings. The fraction of sp³-hybridized carbons (Fsp3) is 0.174. The van der Waals surface area contributed by atoms with E-state index >= 15 is 0 Å². The summed E-state index contributed by atoms with van der Waals surface area (Å²) >= 11 is 0. The van der Waals surface area contributed by atoms with E-state index in [0.717, 1.165) is 28.1 Å². The van der Waals surface area contributed by atoms with Gasteiger partial charge in [-0.2, -0.15) is 10.4 Å². The van der Waals surface area contributed by atoms with E-state index < -0.39 is 5.91 Å². The standard InChI is InChI=1S/C23H22N4O2/c1-16-3-7-18(8-4-16)22-20(15-26-27-22)13-19(14-24)23(28)25-12-11-17-5-9-21(29-2)10-6-17/h3-10,13,15H,11-12H2,1-2H3,(H,25,28)(H,26,27). The number of carbonyl (C=O) groups excluding carboxylic acids is 1. The first-order chi connectivity index (χ1) is 14.1. The summed E-state index contributed by atoms with van der Waals surface area (Å²) in [6, 6.07) is 17.6.